The van der Waals surface area contributed by atoms with E-state index in [4.69, 9.17) is 9.47 Å². The first kappa shape index (κ1) is 20.4. The van der Waals surface area contributed by atoms with Crippen LogP contribution in [0.2, 0.25) is 0 Å². The van der Waals surface area contributed by atoms with Crippen LogP contribution in [0, 0.1) is 6.92 Å². The Morgan fingerprint density at radius 3 is 2.46 bits per heavy atom. The first-order chi connectivity index (χ1) is 13.3. The Bertz CT molecular complexity index is 953. The predicted molar refractivity (Wildman–Crippen MR) is 106 cm³/mol. The number of esters is 1. The molecule has 0 unspecified atom stereocenters. The zero-order valence-corrected chi connectivity index (χ0v) is 17.2. The van der Waals surface area contributed by atoms with Crippen LogP contribution < -0.4 is 9.47 Å². The fourth-order valence-electron chi connectivity index (χ4n) is 3.33. The SMILES string of the molecule is COc1ccc(C(=O)Oc2ccc(C)cc2)cc1S(=O)(=O)N1CCCC[C@H]1C. The van der Waals surface area contributed by atoms with Crippen LogP contribution in [-0.4, -0.2) is 38.4 Å². The minimum absolute atomic E-state index is 0.0119. The second-order valence-corrected chi connectivity index (χ2v) is 8.89. The van der Waals surface area contributed by atoms with Gasteiger partial charge >= 0.3 is 5.97 Å². The number of piperidine rings is 1. The average molecular weight is 404 g/mol. The minimum atomic E-state index is -3.79. The van der Waals surface area contributed by atoms with Gasteiger partial charge in [0.1, 0.15) is 16.4 Å². The summed E-state index contributed by atoms with van der Waals surface area (Å²) in [5.74, 6) is -0.000198. The van der Waals surface area contributed by atoms with E-state index in [-0.39, 0.29) is 22.3 Å². The fourth-order valence-corrected chi connectivity index (χ4v) is 5.22. The summed E-state index contributed by atoms with van der Waals surface area (Å²) in [7, 11) is -2.37. The van der Waals surface area contributed by atoms with Crippen molar-refractivity contribution in [2.75, 3.05) is 13.7 Å². The Balaban J connectivity index is 1.93. The van der Waals surface area contributed by atoms with Gasteiger partial charge in [0.05, 0.1) is 12.7 Å². The van der Waals surface area contributed by atoms with Gasteiger partial charge in [-0.15, -0.1) is 0 Å². The quantitative estimate of drug-likeness (QED) is 0.561. The lowest BCUT2D eigenvalue weighted by Gasteiger charge is -2.32. The maximum atomic E-state index is 13.2. The van der Waals surface area contributed by atoms with Gasteiger partial charge in [0.25, 0.3) is 0 Å². The number of rotatable bonds is 5. The van der Waals surface area contributed by atoms with Crippen molar-refractivity contribution in [3.63, 3.8) is 0 Å². The maximum Gasteiger partial charge on any atom is 0.343 e. The zero-order valence-electron chi connectivity index (χ0n) is 16.3. The summed E-state index contributed by atoms with van der Waals surface area (Å²) in [6, 6.07) is 11.3. The molecule has 1 fully saturated rings. The van der Waals surface area contributed by atoms with Crippen LogP contribution in [0.1, 0.15) is 42.1 Å². The highest BCUT2D eigenvalue weighted by Crippen LogP contribution is 2.32. The molecule has 0 aliphatic carbocycles. The molecule has 2 aromatic rings. The smallest absolute Gasteiger partial charge is 0.343 e. The van der Waals surface area contributed by atoms with Gasteiger partial charge in [-0.1, -0.05) is 24.1 Å². The molecule has 150 valence electrons. The van der Waals surface area contributed by atoms with Crippen molar-refractivity contribution in [3.8, 4) is 11.5 Å². The highest BCUT2D eigenvalue weighted by atomic mass is 32.2. The Kier molecular flexibility index (Phi) is 6.05. The van der Waals surface area contributed by atoms with Crippen LogP contribution in [0.15, 0.2) is 47.4 Å². The van der Waals surface area contributed by atoms with Gasteiger partial charge in [0.2, 0.25) is 10.0 Å². The van der Waals surface area contributed by atoms with Gasteiger partial charge in [0.15, 0.2) is 0 Å². The van der Waals surface area contributed by atoms with Crippen LogP contribution in [0.5, 0.6) is 11.5 Å². The summed E-state index contributed by atoms with van der Waals surface area (Å²) in [5, 5.41) is 0. The second kappa shape index (κ2) is 8.32. The fraction of sp³-hybridized carbons (Fsp3) is 0.381. The van der Waals surface area contributed by atoms with Gasteiger partial charge in [-0.3, -0.25) is 0 Å². The van der Waals surface area contributed by atoms with Crippen molar-refractivity contribution in [1.29, 1.82) is 0 Å². The molecule has 0 aromatic heterocycles. The molecule has 1 aliphatic rings. The summed E-state index contributed by atoms with van der Waals surface area (Å²) < 4.78 is 38.6. The normalized spacial score (nSPS) is 17.9. The van der Waals surface area contributed by atoms with E-state index in [2.05, 4.69) is 0 Å². The molecule has 0 radical (unpaired) electrons. The Morgan fingerprint density at radius 2 is 1.82 bits per heavy atom. The van der Waals surface area contributed by atoms with Crippen molar-refractivity contribution in [2.24, 2.45) is 0 Å². The lowest BCUT2D eigenvalue weighted by atomic mass is 10.1. The maximum absolute atomic E-state index is 13.2. The third kappa shape index (κ3) is 4.20. The summed E-state index contributed by atoms with van der Waals surface area (Å²) in [6.45, 7) is 4.30. The predicted octanol–water partition coefficient (Wildman–Crippen LogP) is 3.79. The molecule has 2 aromatic carbocycles. The van der Waals surface area contributed by atoms with Crippen molar-refractivity contribution >= 4 is 16.0 Å². The number of benzene rings is 2. The van der Waals surface area contributed by atoms with Crippen molar-refractivity contribution in [1.82, 2.24) is 4.31 Å². The molecule has 0 amide bonds. The number of nitrogens with zero attached hydrogens (tertiary/aromatic N) is 1. The van der Waals surface area contributed by atoms with Crippen molar-refractivity contribution in [2.45, 2.75) is 44.0 Å². The van der Waals surface area contributed by atoms with Crippen LogP contribution in [0.3, 0.4) is 0 Å². The number of carbonyl (C=O) groups is 1. The Morgan fingerprint density at radius 1 is 1.11 bits per heavy atom. The molecule has 1 saturated heterocycles. The van der Waals surface area contributed by atoms with Crippen LogP contribution in [-0.2, 0) is 10.0 Å². The number of hydrogen-bond donors (Lipinski definition) is 0. The molecule has 7 heteroatoms. The molecule has 0 N–H and O–H groups in total. The van der Waals surface area contributed by atoms with Crippen molar-refractivity contribution < 1.29 is 22.7 Å². The molecule has 0 saturated carbocycles. The number of methoxy groups -OCH3 is 1. The van der Waals surface area contributed by atoms with Gasteiger partial charge < -0.3 is 9.47 Å². The topological polar surface area (TPSA) is 72.9 Å². The van der Waals surface area contributed by atoms with E-state index in [1.54, 1.807) is 12.1 Å². The van der Waals surface area contributed by atoms with E-state index < -0.39 is 16.0 Å². The molecule has 28 heavy (non-hydrogen) atoms. The third-order valence-corrected chi connectivity index (χ3v) is 6.99. The van der Waals surface area contributed by atoms with E-state index in [0.717, 1.165) is 24.8 Å². The van der Waals surface area contributed by atoms with Gasteiger partial charge in [-0.25, -0.2) is 13.2 Å². The van der Waals surface area contributed by atoms with Gasteiger partial charge in [0, 0.05) is 12.6 Å². The summed E-state index contributed by atoms with van der Waals surface area (Å²) in [5.41, 5.74) is 1.21. The molecule has 0 spiro atoms. The largest absolute Gasteiger partial charge is 0.495 e. The first-order valence-electron chi connectivity index (χ1n) is 9.31. The molecular weight excluding hydrogens is 378 g/mol. The minimum Gasteiger partial charge on any atom is -0.495 e. The Labute approximate surface area is 166 Å². The molecule has 6 nitrogen and oxygen atoms in total. The Hall–Kier alpha value is -2.38. The molecule has 1 heterocycles. The standard InChI is InChI=1S/C21H25NO5S/c1-15-7-10-18(11-8-15)27-21(23)17-9-12-19(26-3)20(14-17)28(24,25)22-13-5-4-6-16(22)2/h7-12,14,16H,4-6,13H2,1-3H3/t16-/m1/s1. The van der Waals surface area contributed by atoms with Crippen molar-refractivity contribution in [3.05, 3.63) is 53.6 Å². The number of carbonyl (C=O) groups excluding carboxylic acids is 1. The summed E-state index contributed by atoms with van der Waals surface area (Å²) in [4.78, 5) is 12.5. The second-order valence-electron chi connectivity index (χ2n) is 7.03. The highest BCUT2D eigenvalue weighted by Gasteiger charge is 2.33. The summed E-state index contributed by atoms with van der Waals surface area (Å²) >= 11 is 0. The summed E-state index contributed by atoms with van der Waals surface area (Å²) in [6.07, 6.45) is 2.64. The lowest BCUT2D eigenvalue weighted by Crippen LogP contribution is -2.42. The van der Waals surface area contributed by atoms with E-state index in [9.17, 15) is 13.2 Å². The monoisotopic (exact) mass is 403 g/mol. The van der Waals surface area contributed by atoms with E-state index in [0.29, 0.717) is 12.3 Å². The third-order valence-electron chi connectivity index (χ3n) is 4.96. The van der Waals surface area contributed by atoms with Crippen LogP contribution >= 0.6 is 0 Å². The number of sulfonamides is 1. The molecule has 1 atom stereocenters. The van der Waals surface area contributed by atoms with Crippen LogP contribution in [0.4, 0.5) is 0 Å². The molecule has 3 rings (SSSR count). The number of aryl methyl sites for hydroxylation is 1. The van der Waals surface area contributed by atoms with E-state index in [1.165, 1.54) is 29.6 Å². The molecule has 1 aliphatic heterocycles. The van der Waals surface area contributed by atoms with E-state index >= 15 is 0 Å². The van der Waals surface area contributed by atoms with E-state index in [1.807, 2.05) is 26.0 Å². The lowest BCUT2D eigenvalue weighted by molar-refractivity contribution is 0.0734. The highest BCUT2D eigenvalue weighted by molar-refractivity contribution is 7.89. The number of hydrogen-bond acceptors (Lipinski definition) is 5. The molecule has 0 bridgehead atoms. The number of ether oxygens (including phenoxy) is 2. The first-order valence-corrected chi connectivity index (χ1v) is 10.8. The average Bonchev–Trinajstić information content (AvgIpc) is 2.69. The van der Waals surface area contributed by atoms with Gasteiger partial charge in [-0.2, -0.15) is 4.31 Å². The van der Waals surface area contributed by atoms with Crippen LogP contribution in [0.25, 0.3) is 0 Å². The zero-order chi connectivity index (χ0) is 20.3. The molecular formula is C21H25NO5S. The van der Waals surface area contributed by atoms with Gasteiger partial charge in [-0.05, 0) is 57.0 Å².